The van der Waals surface area contributed by atoms with Gasteiger partial charge < -0.3 is 9.80 Å². The molecule has 0 N–H and O–H groups in total. The molecular weight excluding hydrogens is 423 g/mol. The summed E-state index contributed by atoms with van der Waals surface area (Å²) in [5.41, 5.74) is 3.29. The Labute approximate surface area is 191 Å². The molecule has 1 aromatic heterocycles. The van der Waals surface area contributed by atoms with Gasteiger partial charge in [0.2, 0.25) is 0 Å². The molecule has 2 aromatic carbocycles. The van der Waals surface area contributed by atoms with Crippen LogP contribution in [-0.2, 0) is 5.75 Å². The lowest BCUT2D eigenvalue weighted by Crippen LogP contribution is -2.35. The molecule has 1 saturated heterocycles. The van der Waals surface area contributed by atoms with E-state index in [0.717, 1.165) is 30.8 Å². The van der Waals surface area contributed by atoms with Crippen LogP contribution in [0.3, 0.4) is 0 Å². The predicted molar refractivity (Wildman–Crippen MR) is 124 cm³/mol. The number of anilines is 1. The number of benzene rings is 2. The Balaban J connectivity index is 1.42. The maximum atomic E-state index is 13.3. The van der Waals surface area contributed by atoms with Gasteiger partial charge in [0.05, 0.1) is 17.2 Å². The Hall–Kier alpha value is -3.37. The molecule has 4 rings (SSSR count). The highest BCUT2D eigenvalue weighted by atomic mass is 32.2. The first-order chi connectivity index (χ1) is 15.6. The monoisotopic (exact) mass is 446 g/mol. The third kappa shape index (κ3) is 5.27. The molecule has 0 aliphatic carbocycles. The second-order valence-corrected chi connectivity index (χ2v) is 8.53. The summed E-state index contributed by atoms with van der Waals surface area (Å²) in [6.45, 7) is 2.89. The number of halogens is 1. The molecular formula is C25H23FN4OS. The molecule has 3 aromatic rings. The van der Waals surface area contributed by atoms with Crippen LogP contribution in [0, 0.1) is 17.1 Å². The zero-order chi connectivity index (χ0) is 22.3. The fourth-order valence-electron chi connectivity index (χ4n) is 3.70. The van der Waals surface area contributed by atoms with Crippen LogP contribution in [0.25, 0.3) is 0 Å². The highest BCUT2D eigenvalue weighted by Gasteiger charge is 2.23. The van der Waals surface area contributed by atoms with Crippen LogP contribution in [0.5, 0.6) is 0 Å². The number of carbonyl (C=O) groups excluding carboxylic acids is 1. The van der Waals surface area contributed by atoms with Crippen molar-refractivity contribution in [3.05, 3.63) is 89.4 Å². The third-order valence-electron chi connectivity index (χ3n) is 5.44. The van der Waals surface area contributed by atoms with Crippen molar-refractivity contribution < 1.29 is 9.18 Å². The fraction of sp³-hybridized carbons (Fsp3) is 0.240. The zero-order valence-electron chi connectivity index (χ0n) is 17.6. The number of nitrogens with zero attached hydrogens (tertiary/aromatic N) is 4. The maximum Gasteiger partial charge on any atom is 0.256 e. The van der Waals surface area contributed by atoms with Gasteiger partial charge in [-0.1, -0.05) is 12.1 Å². The van der Waals surface area contributed by atoms with Crippen LogP contribution < -0.4 is 4.90 Å². The van der Waals surface area contributed by atoms with Gasteiger partial charge in [0.1, 0.15) is 10.8 Å². The van der Waals surface area contributed by atoms with Crippen LogP contribution in [0.2, 0.25) is 0 Å². The van der Waals surface area contributed by atoms with Crippen molar-refractivity contribution in [2.45, 2.75) is 17.2 Å². The molecule has 0 unspecified atom stereocenters. The lowest BCUT2D eigenvalue weighted by Gasteiger charge is -2.24. The largest absolute Gasteiger partial charge is 0.370 e. The van der Waals surface area contributed by atoms with E-state index in [1.165, 1.54) is 23.9 Å². The van der Waals surface area contributed by atoms with Gasteiger partial charge in [0.15, 0.2) is 0 Å². The van der Waals surface area contributed by atoms with Gasteiger partial charge in [-0.05, 0) is 60.5 Å². The van der Waals surface area contributed by atoms with Crippen molar-refractivity contribution in [1.29, 1.82) is 5.26 Å². The van der Waals surface area contributed by atoms with E-state index in [0.29, 0.717) is 35.0 Å². The van der Waals surface area contributed by atoms with Gasteiger partial charge in [-0.25, -0.2) is 9.37 Å². The Morgan fingerprint density at radius 3 is 2.56 bits per heavy atom. The van der Waals surface area contributed by atoms with Crippen LogP contribution in [0.15, 0.2) is 71.9 Å². The topological polar surface area (TPSA) is 60.2 Å². The first kappa shape index (κ1) is 21.8. The quantitative estimate of drug-likeness (QED) is 0.530. The standard InChI is InChI=1S/C25H23FN4OS/c26-21-8-4-20(5-9-21)18-32-24-23(3-1-12-28-24)25(31)30-14-2-13-29(15-16-30)22-10-6-19(17-27)7-11-22/h1,3-12H,2,13-16,18H2. The average Bonchev–Trinajstić information content (AvgIpc) is 3.10. The molecule has 1 aliphatic rings. The molecule has 0 radical (unpaired) electrons. The normalized spacial score (nSPS) is 14.0. The average molecular weight is 447 g/mol. The van der Waals surface area contributed by atoms with Crippen molar-refractivity contribution in [1.82, 2.24) is 9.88 Å². The Morgan fingerprint density at radius 1 is 1.03 bits per heavy atom. The maximum absolute atomic E-state index is 13.3. The van der Waals surface area contributed by atoms with Crippen LogP contribution in [-0.4, -0.2) is 42.0 Å². The first-order valence-electron chi connectivity index (χ1n) is 10.5. The fourth-order valence-corrected chi connectivity index (χ4v) is 4.64. The summed E-state index contributed by atoms with van der Waals surface area (Å²) in [6, 6.07) is 19.7. The van der Waals surface area contributed by atoms with Crippen LogP contribution in [0.1, 0.15) is 27.9 Å². The Bertz CT molecular complexity index is 1110. The molecule has 7 heteroatoms. The van der Waals surface area contributed by atoms with Crippen molar-refractivity contribution in [3.63, 3.8) is 0 Å². The van der Waals surface area contributed by atoms with Crippen molar-refractivity contribution in [3.8, 4) is 6.07 Å². The second kappa shape index (κ2) is 10.3. The number of rotatable bonds is 5. The highest BCUT2D eigenvalue weighted by molar-refractivity contribution is 7.98. The van der Waals surface area contributed by atoms with Crippen molar-refractivity contribution in [2.24, 2.45) is 0 Å². The van der Waals surface area contributed by atoms with Gasteiger partial charge in [-0.15, -0.1) is 11.8 Å². The Kier molecular flexibility index (Phi) is 7.03. The van der Waals surface area contributed by atoms with E-state index in [1.54, 1.807) is 24.4 Å². The minimum Gasteiger partial charge on any atom is -0.370 e. The molecule has 1 aliphatic heterocycles. The summed E-state index contributed by atoms with van der Waals surface area (Å²) in [5.74, 6) is 0.342. The van der Waals surface area contributed by atoms with E-state index in [-0.39, 0.29) is 11.7 Å². The minimum atomic E-state index is -0.260. The molecule has 2 heterocycles. The molecule has 32 heavy (non-hydrogen) atoms. The van der Waals surface area contributed by atoms with Gasteiger partial charge in [0, 0.05) is 43.8 Å². The number of hydrogen-bond acceptors (Lipinski definition) is 5. The lowest BCUT2D eigenvalue weighted by molar-refractivity contribution is 0.0762. The number of hydrogen-bond donors (Lipinski definition) is 0. The zero-order valence-corrected chi connectivity index (χ0v) is 18.4. The van der Waals surface area contributed by atoms with Gasteiger partial charge in [0.25, 0.3) is 5.91 Å². The smallest absolute Gasteiger partial charge is 0.256 e. The summed E-state index contributed by atoms with van der Waals surface area (Å²) in [7, 11) is 0. The van der Waals surface area contributed by atoms with E-state index in [4.69, 9.17) is 5.26 Å². The number of thioether (sulfide) groups is 1. The molecule has 0 bridgehead atoms. The van der Waals surface area contributed by atoms with E-state index >= 15 is 0 Å². The second-order valence-electron chi connectivity index (χ2n) is 7.56. The van der Waals surface area contributed by atoms with Crippen LogP contribution >= 0.6 is 11.8 Å². The summed E-state index contributed by atoms with van der Waals surface area (Å²) in [5, 5.41) is 9.68. The summed E-state index contributed by atoms with van der Waals surface area (Å²) >= 11 is 1.49. The van der Waals surface area contributed by atoms with E-state index in [2.05, 4.69) is 16.0 Å². The minimum absolute atomic E-state index is 0.0126. The summed E-state index contributed by atoms with van der Waals surface area (Å²) in [4.78, 5) is 21.9. The van der Waals surface area contributed by atoms with Gasteiger partial charge >= 0.3 is 0 Å². The number of nitriles is 1. The molecule has 162 valence electrons. The SMILES string of the molecule is N#Cc1ccc(N2CCCN(C(=O)c3cccnc3SCc3ccc(F)cc3)CC2)cc1. The molecule has 1 amide bonds. The van der Waals surface area contributed by atoms with Gasteiger partial charge in [-0.2, -0.15) is 5.26 Å². The number of carbonyl (C=O) groups is 1. The number of pyridine rings is 1. The Morgan fingerprint density at radius 2 is 1.81 bits per heavy atom. The number of amides is 1. The predicted octanol–water partition coefficient (Wildman–Crippen LogP) is 4.74. The third-order valence-corrected chi connectivity index (χ3v) is 6.51. The molecule has 0 spiro atoms. The van der Waals surface area contributed by atoms with E-state index in [1.807, 2.05) is 35.2 Å². The van der Waals surface area contributed by atoms with E-state index in [9.17, 15) is 9.18 Å². The number of aromatic nitrogens is 1. The lowest BCUT2D eigenvalue weighted by atomic mass is 10.2. The molecule has 1 fully saturated rings. The van der Waals surface area contributed by atoms with Crippen molar-refractivity contribution >= 4 is 23.4 Å². The molecule has 0 atom stereocenters. The van der Waals surface area contributed by atoms with E-state index < -0.39 is 0 Å². The van der Waals surface area contributed by atoms with Crippen molar-refractivity contribution in [2.75, 3.05) is 31.1 Å². The molecule has 0 saturated carbocycles. The molecule has 5 nitrogen and oxygen atoms in total. The van der Waals surface area contributed by atoms with Crippen LogP contribution in [0.4, 0.5) is 10.1 Å². The summed E-state index contributed by atoms with van der Waals surface area (Å²) < 4.78 is 13.1. The van der Waals surface area contributed by atoms with Gasteiger partial charge in [-0.3, -0.25) is 4.79 Å². The first-order valence-corrected chi connectivity index (χ1v) is 11.5. The highest BCUT2D eigenvalue weighted by Crippen LogP contribution is 2.26. The summed E-state index contributed by atoms with van der Waals surface area (Å²) in [6.07, 6.45) is 2.56.